The first-order chi connectivity index (χ1) is 9.11. The first-order valence-corrected chi connectivity index (χ1v) is 6.23. The van der Waals surface area contributed by atoms with Crippen molar-refractivity contribution in [2.75, 3.05) is 11.9 Å². The summed E-state index contributed by atoms with van der Waals surface area (Å²) in [5.41, 5.74) is 1.48. The van der Waals surface area contributed by atoms with E-state index < -0.39 is 12.1 Å². The van der Waals surface area contributed by atoms with Gasteiger partial charge in [0.15, 0.2) is 0 Å². The van der Waals surface area contributed by atoms with Crippen LogP contribution in [0.15, 0.2) is 12.1 Å². The van der Waals surface area contributed by atoms with Crippen molar-refractivity contribution in [3.63, 3.8) is 0 Å². The smallest absolute Gasteiger partial charge is 0.471 e. The monoisotopic (exact) mass is 289 g/mol. The molecule has 0 aliphatic carbocycles. The lowest BCUT2D eigenvalue weighted by molar-refractivity contribution is -0.167. The number of halogens is 3. The Balaban J connectivity index is 2.91. The largest absolute Gasteiger partial charge is 0.493 e. The van der Waals surface area contributed by atoms with Crippen molar-refractivity contribution < 1.29 is 22.7 Å². The predicted molar refractivity (Wildman–Crippen MR) is 70.9 cm³/mol. The highest BCUT2D eigenvalue weighted by atomic mass is 19.4. The second kappa shape index (κ2) is 6.15. The summed E-state index contributed by atoms with van der Waals surface area (Å²) in [6.07, 6.45) is -4.89. The van der Waals surface area contributed by atoms with Crippen LogP contribution in [-0.4, -0.2) is 18.7 Å². The maximum atomic E-state index is 12.2. The minimum absolute atomic E-state index is 0.110. The summed E-state index contributed by atoms with van der Waals surface area (Å²) in [6, 6.07) is 2.93. The molecule has 1 aromatic rings. The summed E-state index contributed by atoms with van der Waals surface area (Å²) in [5.74, 6) is -0.991. The van der Waals surface area contributed by atoms with E-state index in [0.29, 0.717) is 29.4 Å². The van der Waals surface area contributed by atoms with Gasteiger partial charge in [-0.1, -0.05) is 13.8 Å². The Morgan fingerprint density at radius 1 is 1.25 bits per heavy atom. The van der Waals surface area contributed by atoms with E-state index in [4.69, 9.17) is 4.74 Å². The third-order valence-corrected chi connectivity index (χ3v) is 2.54. The highest BCUT2D eigenvalue weighted by Crippen LogP contribution is 2.28. The fourth-order valence-electron chi connectivity index (χ4n) is 1.70. The van der Waals surface area contributed by atoms with Crippen LogP contribution < -0.4 is 10.1 Å². The van der Waals surface area contributed by atoms with Crippen LogP contribution in [0.3, 0.4) is 0 Å². The van der Waals surface area contributed by atoms with Crippen molar-refractivity contribution in [2.24, 2.45) is 5.92 Å². The van der Waals surface area contributed by atoms with Gasteiger partial charge in [-0.15, -0.1) is 0 Å². The lowest BCUT2D eigenvalue weighted by atomic mass is 10.1. The molecule has 0 aliphatic rings. The third kappa shape index (κ3) is 4.43. The molecule has 0 atom stereocenters. The fraction of sp³-hybridized carbons (Fsp3) is 0.500. The third-order valence-electron chi connectivity index (χ3n) is 2.54. The molecule has 6 heteroatoms. The van der Waals surface area contributed by atoms with Gasteiger partial charge in [0, 0.05) is 5.69 Å². The zero-order valence-electron chi connectivity index (χ0n) is 11.9. The molecule has 0 saturated carbocycles. The highest BCUT2D eigenvalue weighted by Gasteiger charge is 2.38. The van der Waals surface area contributed by atoms with Crippen LogP contribution in [-0.2, 0) is 4.79 Å². The summed E-state index contributed by atoms with van der Waals surface area (Å²) in [5, 5.41) is 1.84. The van der Waals surface area contributed by atoms with Crippen molar-refractivity contribution in [3.8, 4) is 5.75 Å². The molecule has 0 aliphatic heterocycles. The van der Waals surface area contributed by atoms with E-state index in [1.165, 1.54) is 12.1 Å². The summed E-state index contributed by atoms with van der Waals surface area (Å²) >= 11 is 0. The minimum atomic E-state index is -4.89. The van der Waals surface area contributed by atoms with Crippen LogP contribution in [0, 0.1) is 19.8 Å². The Bertz CT molecular complexity index is 473. The predicted octanol–water partition coefficient (Wildman–Crippen LogP) is 3.84. The Labute approximate surface area is 116 Å². The van der Waals surface area contributed by atoms with Crippen LogP contribution in [0.2, 0.25) is 0 Å². The molecule has 0 heterocycles. The number of rotatable bonds is 4. The van der Waals surface area contributed by atoms with Crippen molar-refractivity contribution >= 4 is 11.6 Å². The van der Waals surface area contributed by atoms with E-state index in [1.807, 2.05) is 19.2 Å². The number of alkyl halides is 3. The normalized spacial score (nSPS) is 11.6. The molecule has 0 saturated heterocycles. The zero-order valence-corrected chi connectivity index (χ0v) is 11.9. The molecule has 0 aromatic heterocycles. The van der Waals surface area contributed by atoms with E-state index >= 15 is 0 Å². The SMILES string of the molecule is Cc1cc(NC(=O)C(F)(F)F)cc(C)c1OCC(C)C. The number of ether oxygens (including phenoxy) is 1. The second-order valence-electron chi connectivity index (χ2n) is 5.10. The molecular formula is C14H18F3NO2. The summed E-state index contributed by atoms with van der Waals surface area (Å²) < 4.78 is 42.2. The lowest BCUT2D eigenvalue weighted by Gasteiger charge is -2.16. The van der Waals surface area contributed by atoms with Crippen molar-refractivity contribution in [1.29, 1.82) is 0 Å². The average Bonchev–Trinajstić information content (AvgIpc) is 2.25. The van der Waals surface area contributed by atoms with E-state index in [-0.39, 0.29) is 5.69 Å². The van der Waals surface area contributed by atoms with Crippen LogP contribution in [0.25, 0.3) is 0 Å². The van der Waals surface area contributed by atoms with Gasteiger partial charge in [-0.25, -0.2) is 0 Å². The Hall–Kier alpha value is -1.72. The first kappa shape index (κ1) is 16.3. The number of hydrogen-bond acceptors (Lipinski definition) is 2. The van der Waals surface area contributed by atoms with Gasteiger partial charge in [-0.3, -0.25) is 4.79 Å². The Morgan fingerprint density at radius 2 is 1.75 bits per heavy atom. The molecule has 1 aromatic carbocycles. The Morgan fingerprint density at radius 3 is 2.15 bits per heavy atom. The average molecular weight is 289 g/mol. The summed E-state index contributed by atoms with van der Waals surface area (Å²) in [7, 11) is 0. The van der Waals surface area contributed by atoms with Gasteiger partial charge < -0.3 is 10.1 Å². The van der Waals surface area contributed by atoms with Gasteiger partial charge in [0.2, 0.25) is 0 Å². The molecule has 1 amide bonds. The molecule has 3 nitrogen and oxygen atoms in total. The van der Waals surface area contributed by atoms with Gasteiger partial charge >= 0.3 is 12.1 Å². The maximum absolute atomic E-state index is 12.2. The number of hydrogen-bond donors (Lipinski definition) is 1. The number of carbonyl (C=O) groups is 1. The number of benzene rings is 1. The molecule has 112 valence electrons. The van der Waals surface area contributed by atoms with Gasteiger partial charge in [0.05, 0.1) is 6.61 Å². The van der Waals surface area contributed by atoms with Gasteiger partial charge in [0.25, 0.3) is 0 Å². The van der Waals surface area contributed by atoms with Crippen LogP contribution >= 0.6 is 0 Å². The maximum Gasteiger partial charge on any atom is 0.471 e. The zero-order chi connectivity index (χ0) is 15.5. The molecular weight excluding hydrogens is 271 g/mol. The van der Waals surface area contributed by atoms with Crippen molar-refractivity contribution in [1.82, 2.24) is 0 Å². The summed E-state index contributed by atoms with van der Waals surface area (Å²) in [4.78, 5) is 10.9. The number of anilines is 1. The molecule has 0 bridgehead atoms. The molecule has 0 unspecified atom stereocenters. The second-order valence-corrected chi connectivity index (χ2v) is 5.10. The summed E-state index contributed by atoms with van der Waals surface area (Å²) in [6.45, 7) is 7.99. The topological polar surface area (TPSA) is 38.3 Å². The number of nitrogens with one attached hydrogen (secondary N) is 1. The molecule has 1 N–H and O–H groups in total. The van der Waals surface area contributed by atoms with Crippen LogP contribution in [0.4, 0.5) is 18.9 Å². The first-order valence-electron chi connectivity index (χ1n) is 6.23. The number of carbonyl (C=O) groups excluding carboxylic acids is 1. The lowest BCUT2D eigenvalue weighted by Crippen LogP contribution is -2.30. The minimum Gasteiger partial charge on any atom is -0.493 e. The van der Waals surface area contributed by atoms with E-state index in [1.54, 1.807) is 13.8 Å². The molecule has 1 rings (SSSR count). The van der Waals surface area contributed by atoms with Gasteiger partial charge in [-0.2, -0.15) is 13.2 Å². The number of amides is 1. The van der Waals surface area contributed by atoms with Crippen molar-refractivity contribution in [2.45, 2.75) is 33.9 Å². The molecule has 0 radical (unpaired) electrons. The number of aryl methyl sites for hydroxylation is 2. The van der Waals surface area contributed by atoms with Gasteiger partial charge in [-0.05, 0) is 43.0 Å². The highest BCUT2D eigenvalue weighted by molar-refractivity contribution is 5.95. The van der Waals surface area contributed by atoms with E-state index in [9.17, 15) is 18.0 Å². The standard InChI is InChI=1S/C14H18F3NO2/c1-8(2)7-20-12-9(3)5-11(6-10(12)4)18-13(19)14(15,16)17/h5-6,8H,7H2,1-4H3,(H,18,19). The molecule has 0 spiro atoms. The molecule has 0 fully saturated rings. The van der Waals surface area contributed by atoms with Gasteiger partial charge in [0.1, 0.15) is 5.75 Å². The van der Waals surface area contributed by atoms with E-state index in [0.717, 1.165) is 0 Å². The van der Waals surface area contributed by atoms with E-state index in [2.05, 4.69) is 0 Å². The van der Waals surface area contributed by atoms with Crippen LogP contribution in [0.5, 0.6) is 5.75 Å². The van der Waals surface area contributed by atoms with Crippen LogP contribution in [0.1, 0.15) is 25.0 Å². The van der Waals surface area contributed by atoms with Crippen molar-refractivity contribution in [3.05, 3.63) is 23.3 Å². The Kier molecular flexibility index (Phi) is 5.03. The fourth-order valence-corrected chi connectivity index (χ4v) is 1.70. The quantitative estimate of drug-likeness (QED) is 0.914. The molecule has 20 heavy (non-hydrogen) atoms.